The van der Waals surface area contributed by atoms with Gasteiger partial charge in [0, 0.05) is 4.47 Å². The van der Waals surface area contributed by atoms with E-state index in [9.17, 15) is 9.90 Å². The summed E-state index contributed by atoms with van der Waals surface area (Å²) in [5.41, 5.74) is -0.443. The Kier molecular flexibility index (Phi) is 3.88. The third-order valence-electron chi connectivity index (χ3n) is 1.68. The summed E-state index contributed by atoms with van der Waals surface area (Å²) in [6.45, 7) is 3.44. The highest BCUT2D eigenvalue weighted by atomic mass is 79.9. The quantitative estimate of drug-likeness (QED) is 0.857. The lowest BCUT2D eigenvalue weighted by atomic mass is 10.1. The van der Waals surface area contributed by atoms with E-state index in [0.29, 0.717) is 11.3 Å². The van der Waals surface area contributed by atoms with Crippen molar-refractivity contribution >= 4 is 22.2 Å². The van der Waals surface area contributed by atoms with E-state index in [1.54, 1.807) is 32.0 Å². The SMILES string of the molecule is CC(C)(O)COc1ccc(Br)cc1C=O. The van der Waals surface area contributed by atoms with Crippen molar-refractivity contribution in [1.29, 1.82) is 0 Å². The number of aldehydes is 1. The van der Waals surface area contributed by atoms with Crippen molar-refractivity contribution < 1.29 is 14.6 Å². The molecule has 1 N–H and O–H groups in total. The minimum Gasteiger partial charge on any atom is -0.490 e. The second-order valence-corrected chi connectivity index (χ2v) is 4.82. The number of ether oxygens (including phenoxy) is 1. The molecule has 0 unspecified atom stereocenters. The molecule has 0 heterocycles. The molecule has 1 aromatic rings. The highest BCUT2D eigenvalue weighted by molar-refractivity contribution is 9.10. The molecular formula is C11H13BrO3. The maximum atomic E-state index is 10.7. The van der Waals surface area contributed by atoms with Gasteiger partial charge >= 0.3 is 0 Å². The number of hydrogen-bond acceptors (Lipinski definition) is 3. The molecule has 0 aliphatic rings. The summed E-state index contributed by atoms with van der Waals surface area (Å²) in [7, 11) is 0. The maximum Gasteiger partial charge on any atom is 0.153 e. The Morgan fingerprint density at radius 3 is 2.73 bits per heavy atom. The largest absolute Gasteiger partial charge is 0.490 e. The lowest BCUT2D eigenvalue weighted by Gasteiger charge is -2.18. The topological polar surface area (TPSA) is 46.5 Å². The van der Waals surface area contributed by atoms with Crippen molar-refractivity contribution in [1.82, 2.24) is 0 Å². The standard InChI is InChI=1S/C11H13BrO3/c1-11(2,14)7-15-10-4-3-9(12)5-8(10)6-13/h3-6,14H,7H2,1-2H3. The summed E-state index contributed by atoms with van der Waals surface area (Å²) >= 11 is 3.26. The van der Waals surface area contributed by atoms with Gasteiger partial charge in [0.15, 0.2) is 6.29 Å². The van der Waals surface area contributed by atoms with Crippen LogP contribution >= 0.6 is 15.9 Å². The van der Waals surface area contributed by atoms with Crippen molar-refractivity contribution in [3.05, 3.63) is 28.2 Å². The number of halogens is 1. The number of benzene rings is 1. The third-order valence-corrected chi connectivity index (χ3v) is 2.17. The fourth-order valence-corrected chi connectivity index (χ4v) is 1.38. The van der Waals surface area contributed by atoms with Crippen LogP contribution in [0.2, 0.25) is 0 Å². The summed E-state index contributed by atoms with van der Waals surface area (Å²) in [5.74, 6) is 0.482. The predicted molar refractivity (Wildman–Crippen MR) is 61.3 cm³/mol. The van der Waals surface area contributed by atoms with Crippen LogP contribution in [0.4, 0.5) is 0 Å². The minimum atomic E-state index is -0.909. The molecule has 0 aliphatic heterocycles. The van der Waals surface area contributed by atoms with Gasteiger partial charge in [0.05, 0.1) is 11.2 Å². The zero-order chi connectivity index (χ0) is 11.5. The highest BCUT2D eigenvalue weighted by Gasteiger charge is 2.14. The van der Waals surface area contributed by atoms with Gasteiger partial charge in [-0.2, -0.15) is 0 Å². The average Bonchev–Trinajstić information content (AvgIpc) is 2.14. The molecule has 0 aliphatic carbocycles. The second-order valence-electron chi connectivity index (χ2n) is 3.90. The molecule has 0 fully saturated rings. The van der Waals surface area contributed by atoms with E-state index in [-0.39, 0.29) is 6.61 Å². The first-order chi connectivity index (χ1) is 6.92. The Hall–Kier alpha value is -0.870. The van der Waals surface area contributed by atoms with E-state index in [4.69, 9.17) is 4.74 Å². The van der Waals surface area contributed by atoms with Gasteiger partial charge in [-0.1, -0.05) is 15.9 Å². The molecule has 0 radical (unpaired) electrons. The molecular weight excluding hydrogens is 260 g/mol. The number of carbonyl (C=O) groups is 1. The fraction of sp³-hybridized carbons (Fsp3) is 0.364. The van der Waals surface area contributed by atoms with E-state index in [0.717, 1.165) is 10.8 Å². The van der Waals surface area contributed by atoms with Crippen LogP contribution in [-0.2, 0) is 0 Å². The summed E-state index contributed by atoms with van der Waals surface area (Å²) in [5, 5.41) is 9.47. The second kappa shape index (κ2) is 4.77. The van der Waals surface area contributed by atoms with Crippen LogP contribution in [0.5, 0.6) is 5.75 Å². The Bertz CT molecular complexity index is 355. The molecule has 3 nitrogen and oxygen atoms in total. The van der Waals surface area contributed by atoms with Crippen LogP contribution in [-0.4, -0.2) is 23.6 Å². The first-order valence-corrected chi connectivity index (χ1v) is 5.31. The van der Waals surface area contributed by atoms with Gasteiger partial charge in [0.2, 0.25) is 0 Å². The van der Waals surface area contributed by atoms with Crippen LogP contribution in [0, 0.1) is 0 Å². The van der Waals surface area contributed by atoms with Crippen LogP contribution in [0.1, 0.15) is 24.2 Å². The van der Waals surface area contributed by atoms with Crippen molar-refractivity contribution in [2.45, 2.75) is 19.4 Å². The normalized spacial score (nSPS) is 11.2. The molecule has 0 aromatic heterocycles. The van der Waals surface area contributed by atoms with Gasteiger partial charge in [0.1, 0.15) is 12.4 Å². The summed E-state index contributed by atoms with van der Waals surface area (Å²) < 4.78 is 6.17. The van der Waals surface area contributed by atoms with E-state index < -0.39 is 5.60 Å². The fourth-order valence-electron chi connectivity index (χ4n) is 0.997. The molecule has 0 amide bonds. The van der Waals surface area contributed by atoms with Crippen LogP contribution in [0.25, 0.3) is 0 Å². The monoisotopic (exact) mass is 272 g/mol. The number of aliphatic hydroxyl groups is 1. The zero-order valence-corrected chi connectivity index (χ0v) is 10.2. The summed E-state index contributed by atoms with van der Waals surface area (Å²) in [6.07, 6.45) is 0.727. The van der Waals surface area contributed by atoms with Crippen LogP contribution < -0.4 is 4.74 Å². The van der Waals surface area contributed by atoms with Crippen LogP contribution in [0.15, 0.2) is 22.7 Å². The van der Waals surface area contributed by atoms with E-state index in [1.165, 1.54) is 0 Å². The Balaban J connectivity index is 2.81. The molecule has 0 spiro atoms. The highest BCUT2D eigenvalue weighted by Crippen LogP contribution is 2.22. The third kappa shape index (κ3) is 4.01. The number of hydrogen-bond donors (Lipinski definition) is 1. The van der Waals surface area contributed by atoms with Crippen molar-refractivity contribution in [3.8, 4) is 5.75 Å². The molecule has 0 atom stereocenters. The number of carbonyl (C=O) groups excluding carboxylic acids is 1. The first kappa shape index (κ1) is 12.2. The Morgan fingerprint density at radius 2 is 2.20 bits per heavy atom. The smallest absolute Gasteiger partial charge is 0.153 e. The molecule has 82 valence electrons. The van der Waals surface area contributed by atoms with Gasteiger partial charge in [-0.05, 0) is 32.0 Å². The maximum absolute atomic E-state index is 10.7. The molecule has 1 aromatic carbocycles. The minimum absolute atomic E-state index is 0.148. The van der Waals surface area contributed by atoms with Gasteiger partial charge < -0.3 is 9.84 Å². The molecule has 0 saturated heterocycles. The van der Waals surface area contributed by atoms with Gasteiger partial charge in [0.25, 0.3) is 0 Å². The number of rotatable bonds is 4. The van der Waals surface area contributed by atoms with Gasteiger partial charge in [-0.25, -0.2) is 0 Å². The lowest BCUT2D eigenvalue weighted by Crippen LogP contribution is -2.28. The zero-order valence-electron chi connectivity index (χ0n) is 8.66. The summed E-state index contributed by atoms with van der Waals surface area (Å²) in [6, 6.07) is 5.15. The molecule has 4 heteroatoms. The van der Waals surface area contributed by atoms with Crippen molar-refractivity contribution in [2.75, 3.05) is 6.61 Å². The van der Waals surface area contributed by atoms with Crippen LogP contribution in [0.3, 0.4) is 0 Å². The van der Waals surface area contributed by atoms with E-state index in [1.807, 2.05) is 0 Å². The van der Waals surface area contributed by atoms with E-state index in [2.05, 4.69) is 15.9 Å². The van der Waals surface area contributed by atoms with Gasteiger partial charge in [-0.15, -0.1) is 0 Å². The van der Waals surface area contributed by atoms with E-state index >= 15 is 0 Å². The molecule has 0 bridgehead atoms. The van der Waals surface area contributed by atoms with Crippen molar-refractivity contribution in [3.63, 3.8) is 0 Å². The predicted octanol–water partition coefficient (Wildman–Crippen LogP) is 2.41. The molecule has 1 rings (SSSR count). The lowest BCUT2D eigenvalue weighted by molar-refractivity contribution is 0.0282. The Labute approximate surface area is 97.2 Å². The molecule has 15 heavy (non-hydrogen) atoms. The average molecular weight is 273 g/mol. The Morgan fingerprint density at radius 1 is 1.53 bits per heavy atom. The summed E-state index contributed by atoms with van der Waals surface area (Å²) in [4.78, 5) is 10.7. The van der Waals surface area contributed by atoms with Crippen molar-refractivity contribution in [2.24, 2.45) is 0 Å². The first-order valence-electron chi connectivity index (χ1n) is 4.52. The van der Waals surface area contributed by atoms with Gasteiger partial charge in [-0.3, -0.25) is 4.79 Å². The molecule has 0 saturated carbocycles.